The second kappa shape index (κ2) is 7.25. The van der Waals surface area contributed by atoms with Gasteiger partial charge in [0.1, 0.15) is 23.9 Å². The molecule has 0 saturated carbocycles. The summed E-state index contributed by atoms with van der Waals surface area (Å²) >= 11 is 4.90. The number of benzene rings is 1. The van der Waals surface area contributed by atoms with E-state index in [1.165, 1.54) is 11.3 Å². The first-order valence-corrected chi connectivity index (χ1v) is 10.9. The Morgan fingerprint density at radius 3 is 2.45 bits per heavy atom. The van der Waals surface area contributed by atoms with Gasteiger partial charge in [0.15, 0.2) is 11.5 Å². The van der Waals surface area contributed by atoms with Crippen molar-refractivity contribution in [1.82, 2.24) is 9.97 Å². The predicted octanol–water partition coefficient (Wildman–Crippen LogP) is 5.39. The molecule has 3 aromatic rings. The lowest BCUT2D eigenvalue weighted by Crippen LogP contribution is -2.17. The van der Waals surface area contributed by atoms with Gasteiger partial charge in [0, 0.05) is 27.4 Å². The van der Waals surface area contributed by atoms with Crippen LogP contribution >= 0.6 is 27.3 Å². The summed E-state index contributed by atoms with van der Waals surface area (Å²) in [7, 11) is 0. The molecule has 8 heteroatoms. The highest BCUT2D eigenvalue weighted by Gasteiger charge is 2.24. The van der Waals surface area contributed by atoms with Crippen LogP contribution in [0.25, 0.3) is 10.2 Å². The summed E-state index contributed by atoms with van der Waals surface area (Å²) in [5.74, 6) is 1.89. The standard InChI is InChI=1S/C21H22BrN3O3S/c1-10-16-11(2)23-20(21(3,4)5)25-19(16)29-17(10)18(26)24-13-9-15-14(8-12(13)22)27-6-7-28-15/h8-9H,6-7H2,1-5H3,(H,24,26). The number of ether oxygens (including phenoxy) is 2. The SMILES string of the molecule is Cc1nc(C(C)(C)C)nc2sc(C(=O)Nc3cc4c(cc3Br)OCCO4)c(C)c12. The highest BCUT2D eigenvalue weighted by molar-refractivity contribution is 9.10. The van der Waals surface area contributed by atoms with E-state index in [1.54, 1.807) is 6.07 Å². The quantitative estimate of drug-likeness (QED) is 0.537. The van der Waals surface area contributed by atoms with Crippen LogP contribution in [0.3, 0.4) is 0 Å². The molecule has 0 spiro atoms. The van der Waals surface area contributed by atoms with Crippen LogP contribution in [0.2, 0.25) is 0 Å². The molecule has 1 aliphatic rings. The first kappa shape index (κ1) is 20.1. The Morgan fingerprint density at radius 2 is 1.79 bits per heavy atom. The van der Waals surface area contributed by atoms with Crippen molar-refractivity contribution < 1.29 is 14.3 Å². The summed E-state index contributed by atoms with van der Waals surface area (Å²) in [6.07, 6.45) is 0. The average molecular weight is 476 g/mol. The fourth-order valence-corrected chi connectivity index (χ4v) is 4.78. The van der Waals surface area contributed by atoms with Gasteiger partial charge in [-0.3, -0.25) is 4.79 Å². The Balaban J connectivity index is 1.71. The Labute approximate surface area is 181 Å². The van der Waals surface area contributed by atoms with Gasteiger partial charge in [-0.1, -0.05) is 20.8 Å². The lowest BCUT2D eigenvalue weighted by atomic mass is 9.95. The number of halogens is 1. The summed E-state index contributed by atoms with van der Waals surface area (Å²) in [6, 6.07) is 3.59. The molecule has 1 N–H and O–H groups in total. The topological polar surface area (TPSA) is 73.3 Å². The Morgan fingerprint density at radius 1 is 1.14 bits per heavy atom. The molecule has 0 saturated heterocycles. The molecule has 3 heterocycles. The largest absolute Gasteiger partial charge is 0.486 e. The molecule has 1 aromatic carbocycles. The number of aryl methyl sites for hydroxylation is 2. The predicted molar refractivity (Wildman–Crippen MR) is 119 cm³/mol. The molecule has 0 aliphatic carbocycles. The monoisotopic (exact) mass is 475 g/mol. The lowest BCUT2D eigenvalue weighted by molar-refractivity contribution is 0.103. The third-order valence-electron chi connectivity index (χ3n) is 4.73. The lowest BCUT2D eigenvalue weighted by Gasteiger charge is -2.20. The third-order valence-corrected chi connectivity index (χ3v) is 6.57. The number of thiophene rings is 1. The minimum Gasteiger partial charge on any atom is -0.486 e. The Bertz CT molecular complexity index is 1130. The number of fused-ring (bicyclic) bond motifs is 2. The zero-order valence-electron chi connectivity index (χ0n) is 17.0. The molecule has 0 bridgehead atoms. The fourth-order valence-electron chi connectivity index (χ4n) is 3.23. The molecule has 0 atom stereocenters. The summed E-state index contributed by atoms with van der Waals surface area (Å²) in [4.78, 5) is 24.0. The van der Waals surface area contributed by atoms with E-state index in [0.29, 0.717) is 35.3 Å². The van der Waals surface area contributed by atoms with Crippen molar-refractivity contribution in [1.29, 1.82) is 0 Å². The van der Waals surface area contributed by atoms with E-state index in [1.807, 2.05) is 19.9 Å². The molecule has 29 heavy (non-hydrogen) atoms. The van der Waals surface area contributed by atoms with Gasteiger partial charge in [-0.25, -0.2) is 9.97 Å². The number of nitrogens with zero attached hydrogens (tertiary/aromatic N) is 2. The number of amides is 1. The van der Waals surface area contributed by atoms with Crippen LogP contribution in [0.15, 0.2) is 16.6 Å². The van der Waals surface area contributed by atoms with E-state index >= 15 is 0 Å². The van der Waals surface area contributed by atoms with E-state index < -0.39 is 0 Å². The molecule has 152 valence electrons. The van der Waals surface area contributed by atoms with Crippen LogP contribution in [0.4, 0.5) is 5.69 Å². The van der Waals surface area contributed by atoms with Crippen molar-refractivity contribution in [2.24, 2.45) is 0 Å². The van der Waals surface area contributed by atoms with Gasteiger partial charge in [0.25, 0.3) is 5.91 Å². The van der Waals surface area contributed by atoms with E-state index in [2.05, 4.69) is 47.0 Å². The molecule has 1 amide bonds. The maximum Gasteiger partial charge on any atom is 0.266 e. The summed E-state index contributed by atoms with van der Waals surface area (Å²) < 4.78 is 11.9. The molecule has 2 aromatic heterocycles. The highest BCUT2D eigenvalue weighted by Crippen LogP contribution is 2.39. The number of anilines is 1. The molecule has 4 rings (SSSR count). The minimum absolute atomic E-state index is 0.157. The van der Waals surface area contributed by atoms with Crippen LogP contribution < -0.4 is 14.8 Å². The number of carbonyl (C=O) groups is 1. The van der Waals surface area contributed by atoms with Crippen LogP contribution in [0.5, 0.6) is 11.5 Å². The van der Waals surface area contributed by atoms with Crippen LogP contribution in [0.1, 0.15) is 47.5 Å². The van der Waals surface area contributed by atoms with Crippen LogP contribution in [-0.2, 0) is 5.41 Å². The first-order chi connectivity index (χ1) is 13.6. The zero-order valence-corrected chi connectivity index (χ0v) is 19.4. The molecule has 0 unspecified atom stereocenters. The minimum atomic E-state index is -0.181. The normalized spacial score (nSPS) is 13.6. The maximum absolute atomic E-state index is 13.1. The van der Waals surface area contributed by atoms with E-state index in [-0.39, 0.29) is 11.3 Å². The number of rotatable bonds is 2. The molecular formula is C21H22BrN3O3S. The number of hydrogen-bond acceptors (Lipinski definition) is 6. The summed E-state index contributed by atoms with van der Waals surface area (Å²) in [5, 5.41) is 3.94. The van der Waals surface area contributed by atoms with Crippen molar-refractivity contribution in [2.75, 3.05) is 18.5 Å². The average Bonchev–Trinajstić information content (AvgIpc) is 2.99. The van der Waals surface area contributed by atoms with Gasteiger partial charge < -0.3 is 14.8 Å². The van der Waals surface area contributed by atoms with Crippen molar-refractivity contribution in [3.05, 3.63) is 38.6 Å². The van der Waals surface area contributed by atoms with Crippen molar-refractivity contribution in [2.45, 2.75) is 40.0 Å². The van der Waals surface area contributed by atoms with Gasteiger partial charge >= 0.3 is 0 Å². The highest BCUT2D eigenvalue weighted by atomic mass is 79.9. The second-order valence-electron chi connectivity index (χ2n) is 8.05. The van der Waals surface area contributed by atoms with E-state index in [9.17, 15) is 4.79 Å². The Hall–Kier alpha value is -2.19. The smallest absolute Gasteiger partial charge is 0.266 e. The zero-order chi connectivity index (χ0) is 20.9. The van der Waals surface area contributed by atoms with Gasteiger partial charge in [0.2, 0.25) is 0 Å². The van der Waals surface area contributed by atoms with Crippen molar-refractivity contribution >= 4 is 49.1 Å². The van der Waals surface area contributed by atoms with Crippen LogP contribution in [-0.4, -0.2) is 29.1 Å². The third kappa shape index (κ3) is 3.71. The van der Waals surface area contributed by atoms with Crippen molar-refractivity contribution in [3.8, 4) is 11.5 Å². The second-order valence-corrected chi connectivity index (χ2v) is 9.90. The molecule has 1 aliphatic heterocycles. The molecular weight excluding hydrogens is 454 g/mol. The number of carbonyl (C=O) groups excluding carboxylic acids is 1. The maximum atomic E-state index is 13.1. The van der Waals surface area contributed by atoms with Crippen molar-refractivity contribution in [3.63, 3.8) is 0 Å². The number of nitrogens with one attached hydrogen (secondary N) is 1. The van der Waals surface area contributed by atoms with Gasteiger partial charge in [-0.2, -0.15) is 0 Å². The van der Waals surface area contributed by atoms with Gasteiger partial charge in [-0.05, 0) is 35.3 Å². The van der Waals surface area contributed by atoms with Crippen LogP contribution in [0, 0.1) is 13.8 Å². The number of aromatic nitrogens is 2. The van der Waals surface area contributed by atoms with Gasteiger partial charge in [0.05, 0.1) is 16.3 Å². The van der Waals surface area contributed by atoms with Gasteiger partial charge in [-0.15, -0.1) is 11.3 Å². The summed E-state index contributed by atoms with van der Waals surface area (Å²) in [6.45, 7) is 11.2. The molecule has 6 nitrogen and oxygen atoms in total. The fraction of sp³-hybridized carbons (Fsp3) is 0.381. The van der Waals surface area contributed by atoms with E-state index in [4.69, 9.17) is 14.5 Å². The van der Waals surface area contributed by atoms with E-state index in [0.717, 1.165) is 31.8 Å². The Kier molecular flexibility index (Phi) is 5.02. The molecule has 0 fully saturated rings. The number of hydrogen-bond donors (Lipinski definition) is 1. The molecule has 0 radical (unpaired) electrons. The first-order valence-electron chi connectivity index (χ1n) is 9.34. The summed E-state index contributed by atoms with van der Waals surface area (Å²) in [5.41, 5.74) is 2.27.